The fraction of sp³-hybridized carbons (Fsp3) is 1.00. The molecule has 0 radical (unpaired) electrons. The van der Waals surface area contributed by atoms with Gasteiger partial charge < -0.3 is 15.2 Å². The molecule has 2 aliphatic rings. The van der Waals surface area contributed by atoms with Gasteiger partial charge in [0.2, 0.25) is 0 Å². The van der Waals surface area contributed by atoms with Gasteiger partial charge in [0, 0.05) is 25.7 Å². The molecule has 118 valence electrons. The average molecular weight is 284 g/mol. The van der Waals surface area contributed by atoms with Crippen LogP contribution in [-0.4, -0.2) is 61.5 Å². The molecule has 1 aliphatic heterocycles. The van der Waals surface area contributed by atoms with E-state index in [2.05, 4.69) is 31.1 Å². The van der Waals surface area contributed by atoms with Crippen LogP contribution < -0.4 is 5.32 Å². The molecule has 5 unspecified atom stereocenters. The lowest BCUT2D eigenvalue weighted by molar-refractivity contribution is -0.0998. The number of aliphatic hydroxyl groups excluding tert-OH is 1. The van der Waals surface area contributed by atoms with Crippen LogP contribution in [0.3, 0.4) is 0 Å². The van der Waals surface area contributed by atoms with E-state index in [1.54, 1.807) is 0 Å². The Bertz CT molecular complexity index is 288. The molecule has 5 atom stereocenters. The van der Waals surface area contributed by atoms with Gasteiger partial charge in [-0.1, -0.05) is 13.3 Å². The van der Waals surface area contributed by atoms with E-state index in [-0.39, 0.29) is 18.8 Å². The van der Waals surface area contributed by atoms with E-state index < -0.39 is 0 Å². The number of nitrogens with one attached hydrogen (secondary N) is 1. The van der Waals surface area contributed by atoms with Crippen LogP contribution in [0.25, 0.3) is 0 Å². The molecule has 1 heterocycles. The minimum absolute atomic E-state index is 0.00246. The fourth-order valence-electron chi connectivity index (χ4n) is 4.04. The molecule has 0 amide bonds. The van der Waals surface area contributed by atoms with Gasteiger partial charge in [-0.3, -0.25) is 4.90 Å². The summed E-state index contributed by atoms with van der Waals surface area (Å²) >= 11 is 0. The Morgan fingerprint density at radius 3 is 2.75 bits per heavy atom. The van der Waals surface area contributed by atoms with Crippen LogP contribution in [0.1, 0.15) is 39.5 Å². The lowest BCUT2D eigenvalue weighted by Crippen LogP contribution is -2.52. The van der Waals surface area contributed by atoms with Crippen molar-refractivity contribution in [3.63, 3.8) is 0 Å². The molecule has 0 bridgehead atoms. The molecule has 0 aromatic heterocycles. The van der Waals surface area contributed by atoms with Crippen molar-refractivity contribution in [1.29, 1.82) is 0 Å². The molecule has 0 aromatic carbocycles. The third-order valence-electron chi connectivity index (χ3n) is 5.14. The molecule has 2 N–H and O–H groups in total. The number of rotatable bonds is 5. The predicted octanol–water partition coefficient (Wildman–Crippen LogP) is 1.48. The summed E-state index contributed by atoms with van der Waals surface area (Å²) in [5, 5.41) is 12.9. The monoisotopic (exact) mass is 284 g/mol. The second-order valence-electron chi connectivity index (χ2n) is 6.71. The summed E-state index contributed by atoms with van der Waals surface area (Å²) in [6.07, 6.45) is 5.57. The molecule has 0 aromatic rings. The summed E-state index contributed by atoms with van der Waals surface area (Å²) in [5.41, 5.74) is 0. The molecule has 2 rings (SSSR count). The molecular weight excluding hydrogens is 252 g/mol. The molecular formula is C16H32N2O2. The first-order valence-corrected chi connectivity index (χ1v) is 8.32. The maximum atomic E-state index is 9.35. The zero-order chi connectivity index (χ0) is 14.5. The van der Waals surface area contributed by atoms with Gasteiger partial charge in [-0.05, 0) is 45.1 Å². The Balaban J connectivity index is 1.91. The second-order valence-corrected chi connectivity index (χ2v) is 6.71. The Hall–Kier alpha value is -0.160. The van der Waals surface area contributed by atoms with Crippen molar-refractivity contribution in [3.05, 3.63) is 0 Å². The van der Waals surface area contributed by atoms with Crippen LogP contribution in [0.5, 0.6) is 0 Å². The summed E-state index contributed by atoms with van der Waals surface area (Å²) in [7, 11) is 2.10. The molecule has 0 spiro atoms. The van der Waals surface area contributed by atoms with Gasteiger partial charge in [-0.15, -0.1) is 0 Å². The Morgan fingerprint density at radius 2 is 2.10 bits per heavy atom. The highest BCUT2D eigenvalue weighted by molar-refractivity contribution is 4.87. The third kappa shape index (κ3) is 4.17. The highest BCUT2D eigenvalue weighted by atomic mass is 16.5. The van der Waals surface area contributed by atoms with E-state index in [9.17, 15) is 5.11 Å². The number of morpholine rings is 1. The predicted molar refractivity (Wildman–Crippen MR) is 81.8 cm³/mol. The first-order chi connectivity index (χ1) is 9.66. The molecule has 4 nitrogen and oxygen atoms in total. The zero-order valence-electron chi connectivity index (χ0n) is 13.3. The highest BCUT2D eigenvalue weighted by Crippen LogP contribution is 2.32. The maximum absolute atomic E-state index is 9.35. The largest absolute Gasteiger partial charge is 0.394 e. The summed E-state index contributed by atoms with van der Waals surface area (Å²) in [4.78, 5) is 2.50. The Morgan fingerprint density at radius 1 is 1.30 bits per heavy atom. The fourth-order valence-corrected chi connectivity index (χ4v) is 4.04. The molecule has 1 saturated heterocycles. The smallest absolute Gasteiger partial charge is 0.0936 e. The van der Waals surface area contributed by atoms with E-state index in [1.807, 2.05) is 0 Å². The first kappa shape index (κ1) is 16.2. The van der Waals surface area contributed by atoms with E-state index in [0.717, 1.165) is 31.5 Å². The van der Waals surface area contributed by atoms with Crippen molar-refractivity contribution in [2.24, 2.45) is 11.8 Å². The van der Waals surface area contributed by atoms with Gasteiger partial charge in [0.05, 0.1) is 18.8 Å². The summed E-state index contributed by atoms with van der Waals surface area (Å²) < 4.78 is 5.74. The van der Waals surface area contributed by atoms with Crippen molar-refractivity contribution >= 4 is 0 Å². The summed E-state index contributed by atoms with van der Waals surface area (Å²) in [6, 6.07) is 0.656. The topological polar surface area (TPSA) is 44.7 Å². The van der Waals surface area contributed by atoms with Crippen molar-refractivity contribution in [2.75, 3.05) is 33.3 Å². The summed E-state index contributed by atoms with van der Waals surface area (Å²) in [6.45, 7) is 7.59. The van der Waals surface area contributed by atoms with E-state index in [1.165, 1.54) is 25.7 Å². The maximum Gasteiger partial charge on any atom is 0.0936 e. The minimum Gasteiger partial charge on any atom is -0.394 e. The van der Waals surface area contributed by atoms with Crippen molar-refractivity contribution in [3.8, 4) is 0 Å². The van der Waals surface area contributed by atoms with Crippen LogP contribution in [0, 0.1) is 11.8 Å². The lowest BCUT2D eigenvalue weighted by Gasteiger charge is -2.42. The zero-order valence-corrected chi connectivity index (χ0v) is 13.3. The normalized spacial score (nSPS) is 39.9. The van der Waals surface area contributed by atoms with Gasteiger partial charge in [-0.25, -0.2) is 0 Å². The van der Waals surface area contributed by atoms with Crippen LogP contribution in [0.15, 0.2) is 0 Å². The Labute approximate surface area is 123 Å². The van der Waals surface area contributed by atoms with Crippen LogP contribution in [0.2, 0.25) is 0 Å². The third-order valence-corrected chi connectivity index (χ3v) is 5.14. The summed E-state index contributed by atoms with van der Waals surface area (Å²) in [5.74, 6) is 1.64. The van der Waals surface area contributed by atoms with Crippen molar-refractivity contribution in [2.45, 2.75) is 57.8 Å². The first-order valence-electron chi connectivity index (χ1n) is 8.32. The minimum atomic E-state index is -0.00246. The van der Waals surface area contributed by atoms with Crippen LogP contribution in [0.4, 0.5) is 0 Å². The number of ether oxygens (including phenoxy) is 1. The Kier molecular flexibility index (Phi) is 6.27. The molecule has 1 saturated carbocycles. The van der Waals surface area contributed by atoms with Gasteiger partial charge in [0.1, 0.15) is 0 Å². The van der Waals surface area contributed by atoms with Crippen molar-refractivity contribution < 1.29 is 9.84 Å². The molecule has 4 heteroatoms. The SMILES string of the molecule is CCC1CCC(NC)C(CN2CC(C)OC(CO)C2)C1. The van der Waals surface area contributed by atoms with E-state index in [4.69, 9.17) is 4.74 Å². The van der Waals surface area contributed by atoms with Gasteiger partial charge in [0.25, 0.3) is 0 Å². The second kappa shape index (κ2) is 7.74. The van der Waals surface area contributed by atoms with Gasteiger partial charge in [-0.2, -0.15) is 0 Å². The van der Waals surface area contributed by atoms with E-state index in [0.29, 0.717) is 6.04 Å². The molecule has 20 heavy (non-hydrogen) atoms. The number of hydrogen-bond donors (Lipinski definition) is 2. The van der Waals surface area contributed by atoms with Crippen molar-refractivity contribution in [1.82, 2.24) is 10.2 Å². The number of nitrogens with zero attached hydrogens (tertiary/aromatic N) is 1. The van der Waals surface area contributed by atoms with Gasteiger partial charge in [0.15, 0.2) is 0 Å². The number of hydrogen-bond acceptors (Lipinski definition) is 4. The number of aliphatic hydroxyl groups is 1. The quantitative estimate of drug-likeness (QED) is 0.803. The highest BCUT2D eigenvalue weighted by Gasteiger charge is 2.32. The molecule has 1 aliphatic carbocycles. The van der Waals surface area contributed by atoms with Gasteiger partial charge >= 0.3 is 0 Å². The average Bonchev–Trinajstić information content (AvgIpc) is 2.46. The molecule has 2 fully saturated rings. The lowest BCUT2D eigenvalue weighted by atomic mass is 9.76. The van der Waals surface area contributed by atoms with Crippen LogP contribution >= 0.6 is 0 Å². The van der Waals surface area contributed by atoms with Crippen LogP contribution in [-0.2, 0) is 4.74 Å². The van der Waals surface area contributed by atoms with E-state index >= 15 is 0 Å². The standard InChI is InChI=1S/C16H32N2O2/c1-4-13-5-6-16(17-3)14(7-13)9-18-8-12(2)20-15(10-18)11-19/h12-17,19H,4-11H2,1-3H3.